The Morgan fingerprint density at radius 2 is 1.87 bits per heavy atom. The van der Waals surface area contributed by atoms with Crippen LogP contribution in [0.5, 0.6) is 0 Å². The Labute approximate surface area is 177 Å². The maximum absolute atomic E-state index is 13.0. The number of aromatic nitrogens is 1. The fraction of sp³-hybridized carbons (Fsp3) is 0.571. The standard InChI is InChI=1S/C21H28N4O4S/c1-30(28,29)25-11-6-17(7-12-25)20(27)24-21(8-3-2-4-9-21)10-5-16-13-18(19(22)26)15-23-14-16/h13-15,17H,2-4,6-9,11-12H2,1H3,(H2,22,26)(H,24,27). The molecule has 9 heteroatoms. The Morgan fingerprint density at radius 1 is 1.20 bits per heavy atom. The number of amides is 2. The number of hydrogen-bond acceptors (Lipinski definition) is 5. The molecule has 1 aromatic heterocycles. The van der Waals surface area contributed by atoms with E-state index in [-0.39, 0.29) is 11.8 Å². The zero-order chi connectivity index (χ0) is 21.8. The Balaban J connectivity index is 1.73. The third-order valence-corrected chi connectivity index (χ3v) is 7.14. The molecule has 0 unspecified atom stereocenters. The lowest BCUT2D eigenvalue weighted by molar-refractivity contribution is -0.127. The minimum Gasteiger partial charge on any atom is -0.366 e. The number of carbonyl (C=O) groups is 2. The number of rotatable bonds is 4. The van der Waals surface area contributed by atoms with Gasteiger partial charge < -0.3 is 11.1 Å². The van der Waals surface area contributed by atoms with Crippen molar-refractivity contribution in [2.45, 2.75) is 50.5 Å². The number of carbonyl (C=O) groups excluding carboxylic acids is 2. The molecule has 1 aromatic rings. The number of primary amides is 1. The second-order valence-electron chi connectivity index (χ2n) is 8.14. The highest BCUT2D eigenvalue weighted by Crippen LogP contribution is 2.29. The summed E-state index contributed by atoms with van der Waals surface area (Å²) in [6.45, 7) is 0.725. The van der Waals surface area contributed by atoms with Crippen molar-refractivity contribution in [1.29, 1.82) is 0 Å². The third kappa shape index (κ3) is 5.58. The van der Waals surface area contributed by atoms with Gasteiger partial charge >= 0.3 is 0 Å². The molecule has 0 aromatic carbocycles. The summed E-state index contributed by atoms with van der Waals surface area (Å²) in [6, 6.07) is 1.60. The molecule has 3 rings (SSSR count). The van der Waals surface area contributed by atoms with E-state index in [1.54, 1.807) is 12.3 Å². The second-order valence-corrected chi connectivity index (χ2v) is 10.1. The zero-order valence-electron chi connectivity index (χ0n) is 17.2. The predicted molar refractivity (Wildman–Crippen MR) is 113 cm³/mol. The molecule has 162 valence electrons. The minimum atomic E-state index is -3.22. The molecule has 1 aliphatic carbocycles. The van der Waals surface area contributed by atoms with E-state index < -0.39 is 21.5 Å². The van der Waals surface area contributed by atoms with Gasteiger partial charge in [0.05, 0.1) is 11.8 Å². The first-order chi connectivity index (χ1) is 14.2. The van der Waals surface area contributed by atoms with E-state index in [0.29, 0.717) is 37.1 Å². The number of nitrogens with one attached hydrogen (secondary N) is 1. The van der Waals surface area contributed by atoms with Gasteiger partial charge in [-0.15, -0.1) is 0 Å². The first-order valence-electron chi connectivity index (χ1n) is 10.2. The highest BCUT2D eigenvalue weighted by atomic mass is 32.2. The monoisotopic (exact) mass is 432 g/mol. The fourth-order valence-electron chi connectivity index (χ4n) is 4.06. The van der Waals surface area contributed by atoms with Crippen LogP contribution >= 0.6 is 0 Å². The summed E-state index contributed by atoms with van der Waals surface area (Å²) >= 11 is 0. The maximum Gasteiger partial charge on any atom is 0.250 e. The van der Waals surface area contributed by atoms with Gasteiger partial charge in [0.1, 0.15) is 5.54 Å². The summed E-state index contributed by atoms with van der Waals surface area (Å²) in [5, 5.41) is 3.17. The molecule has 2 amide bonds. The van der Waals surface area contributed by atoms with Gasteiger partial charge in [0, 0.05) is 37.0 Å². The largest absolute Gasteiger partial charge is 0.366 e. The summed E-state index contributed by atoms with van der Waals surface area (Å²) < 4.78 is 24.8. The molecule has 30 heavy (non-hydrogen) atoms. The molecule has 8 nitrogen and oxygen atoms in total. The van der Waals surface area contributed by atoms with Crippen molar-refractivity contribution in [3.8, 4) is 11.8 Å². The quantitative estimate of drug-likeness (QED) is 0.688. The molecule has 1 aliphatic heterocycles. The summed E-state index contributed by atoms with van der Waals surface area (Å²) in [5.41, 5.74) is 5.56. The number of pyridine rings is 1. The summed E-state index contributed by atoms with van der Waals surface area (Å²) in [7, 11) is -3.22. The SMILES string of the molecule is CS(=O)(=O)N1CCC(C(=O)NC2(C#Cc3cncc(C(N)=O)c3)CCCCC2)CC1. The van der Waals surface area contributed by atoms with E-state index in [4.69, 9.17) is 5.73 Å². The molecule has 0 bridgehead atoms. The van der Waals surface area contributed by atoms with Crippen molar-refractivity contribution >= 4 is 21.8 Å². The van der Waals surface area contributed by atoms with Crippen molar-refractivity contribution in [3.63, 3.8) is 0 Å². The van der Waals surface area contributed by atoms with Crippen LogP contribution < -0.4 is 11.1 Å². The van der Waals surface area contributed by atoms with E-state index in [1.165, 1.54) is 16.8 Å². The van der Waals surface area contributed by atoms with Gasteiger partial charge in [-0.2, -0.15) is 0 Å². The molecule has 2 heterocycles. The Morgan fingerprint density at radius 3 is 2.47 bits per heavy atom. The third-order valence-electron chi connectivity index (χ3n) is 5.83. The average Bonchev–Trinajstić information content (AvgIpc) is 2.73. The molecule has 2 fully saturated rings. The van der Waals surface area contributed by atoms with Gasteiger partial charge in [-0.25, -0.2) is 12.7 Å². The van der Waals surface area contributed by atoms with Gasteiger partial charge in [-0.05, 0) is 31.7 Å². The van der Waals surface area contributed by atoms with E-state index in [2.05, 4.69) is 22.1 Å². The van der Waals surface area contributed by atoms with Crippen molar-refractivity contribution in [3.05, 3.63) is 29.6 Å². The summed E-state index contributed by atoms with van der Waals surface area (Å²) in [6.07, 6.45) is 9.75. The van der Waals surface area contributed by atoms with Crippen LogP contribution in [0.25, 0.3) is 0 Å². The lowest BCUT2D eigenvalue weighted by Crippen LogP contribution is -2.52. The fourth-order valence-corrected chi connectivity index (χ4v) is 4.93. The second kappa shape index (κ2) is 9.14. The molecule has 2 aliphatic rings. The Kier molecular flexibility index (Phi) is 6.78. The van der Waals surface area contributed by atoms with E-state index >= 15 is 0 Å². The van der Waals surface area contributed by atoms with E-state index in [0.717, 1.165) is 32.1 Å². The molecule has 3 N–H and O–H groups in total. The van der Waals surface area contributed by atoms with Crippen LogP contribution in [0.15, 0.2) is 18.5 Å². The molecule has 0 spiro atoms. The number of sulfonamides is 1. The summed E-state index contributed by atoms with van der Waals surface area (Å²) in [4.78, 5) is 28.3. The van der Waals surface area contributed by atoms with Crippen LogP contribution in [-0.4, -0.2) is 54.4 Å². The lowest BCUT2D eigenvalue weighted by Gasteiger charge is -2.36. The van der Waals surface area contributed by atoms with Crippen LogP contribution in [-0.2, 0) is 14.8 Å². The van der Waals surface area contributed by atoms with Gasteiger partial charge in [0.15, 0.2) is 0 Å². The summed E-state index contributed by atoms with van der Waals surface area (Å²) in [5.74, 6) is 5.46. The highest BCUT2D eigenvalue weighted by molar-refractivity contribution is 7.88. The van der Waals surface area contributed by atoms with Crippen LogP contribution in [0.1, 0.15) is 60.9 Å². The normalized spacial score (nSPS) is 20.0. The van der Waals surface area contributed by atoms with Gasteiger partial charge in [-0.1, -0.05) is 31.1 Å². The van der Waals surface area contributed by atoms with Crippen molar-refractivity contribution in [2.75, 3.05) is 19.3 Å². The molecule has 1 saturated carbocycles. The molecular formula is C21H28N4O4S. The van der Waals surface area contributed by atoms with Gasteiger partial charge in [-0.3, -0.25) is 14.6 Å². The van der Waals surface area contributed by atoms with Crippen molar-refractivity contribution in [1.82, 2.24) is 14.6 Å². The first-order valence-corrected chi connectivity index (χ1v) is 12.1. The highest BCUT2D eigenvalue weighted by Gasteiger charge is 2.36. The van der Waals surface area contributed by atoms with Crippen molar-refractivity contribution < 1.29 is 18.0 Å². The van der Waals surface area contributed by atoms with Gasteiger partial charge in [0.25, 0.3) is 0 Å². The minimum absolute atomic E-state index is 0.0663. The molecule has 0 atom stereocenters. The van der Waals surface area contributed by atoms with E-state index in [1.807, 2.05) is 0 Å². The molecular weight excluding hydrogens is 404 g/mol. The Bertz CT molecular complexity index is 966. The van der Waals surface area contributed by atoms with Crippen LogP contribution in [0, 0.1) is 17.8 Å². The zero-order valence-corrected chi connectivity index (χ0v) is 18.0. The molecule has 1 saturated heterocycles. The topological polar surface area (TPSA) is 122 Å². The predicted octanol–water partition coefficient (Wildman–Crippen LogP) is 1.02. The lowest BCUT2D eigenvalue weighted by atomic mass is 9.81. The number of piperidine rings is 1. The van der Waals surface area contributed by atoms with E-state index in [9.17, 15) is 18.0 Å². The van der Waals surface area contributed by atoms with Crippen molar-refractivity contribution in [2.24, 2.45) is 11.7 Å². The molecule has 0 radical (unpaired) electrons. The van der Waals surface area contributed by atoms with Crippen LogP contribution in [0.3, 0.4) is 0 Å². The number of hydrogen-bond donors (Lipinski definition) is 2. The first kappa shape index (κ1) is 22.2. The van der Waals surface area contributed by atoms with Crippen LogP contribution in [0.4, 0.5) is 0 Å². The number of nitrogens with zero attached hydrogens (tertiary/aromatic N) is 2. The smallest absolute Gasteiger partial charge is 0.250 e. The average molecular weight is 433 g/mol. The van der Waals surface area contributed by atoms with Crippen LogP contribution in [0.2, 0.25) is 0 Å². The number of nitrogens with two attached hydrogens (primary N) is 1. The van der Waals surface area contributed by atoms with Gasteiger partial charge in [0.2, 0.25) is 21.8 Å². The Hall–Kier alpha value is -2.44. The maximum atomic E-state index is 13.0.